The number of amides is 2. The summed E-state index contributed by atoms with van der Waals surface area (Å²) in [5.41, 5.74) is 3.27. The summed E-state index contributed by atoms with van der Waals surface area (Å²) in [6.07, 6.45) is 3.53. The van der Waals surface area contributed by atoms with E-state index in [2.05, 4.69) is 17.1 Å². The summed E-state index contributed by atoms with van der Waals surface area (Å²) in [4.78, 5) is 31.2. The first-order chi connectivity index (χ1) is 13.3. The van der Waals surface area contributed by atoms with Crippen molar-refractivity contribution in [1.82, 2.24) is 14.8 Å². The third-order valence-electron chi connectivity index (χ3n) is 5.37. The molecule has 27 heavy (non-hydrogen) atoms. The zero-order valence-electron chi connectivity index (χ0n) is 15.2. The number of benzene rings is 2. The largest absolute Gasteiger partial charge is 0.361 e. The van der Waals surface area contributed by atoms with Gasteiger partial charge in [0.05, 0.1) is 5.92 Å². The van der Waals surface area contributed by atoms with Crippen LogP contribution in [0.25, 0.3) is 10.9 Å². The Hall–Kier alpha value is -3.08. The molecule has 1 aromatic heterocycles. The number of hydrogen-bond donors (Lipinski definition) is 1. The number of para-hydroxylation sites is 1. The Bertz CT molecular complexity index is 927. The van der Waals surface area contributed by atoms with Gasteiger partial charge in [0.15, 0.2) is 0 Å². The SMILES string of the molecule is O=CN1CCN(C(=O)C(Cc2c[nH]c3ccccc23)c2ccccc2)CC1. The van der Waals surface area contributed by atoms with Crippen molar-refractivity contribution in [1.29, 1.82) is 0 Å². The second kappa shape index (κ2) is 7.66. The van der Waals surface area contributed by atoms with Gasteiger partial charge in [0.25, 0.3) is 0 Å². The van der Waals surface area contributed by atoms with Crippen molar-refractivity contribution in [2.45, 2.75) is 12.3 Å². The zero-order valence-corrected chi connectivity index (χ0v) is 15.2. The maximum Gasteiger partial charge on any atom is 0.230 e. The second-order valence-corrected chi connectivity index (χ2v) is 6.99. The van der Waals surface area contributed by atoms with Crippen molar-refractivity contribution >= 4 is 23.2 Å². The number of rotatable bonds is 5. The van der Waals surface area contributed by atoms with Crippen LogP contribution < -0.4 is 0 Å². The molecule has 2 heterocycles. The van der Waals surface area contributed by atoms with Gasteiger partial charge >= 0.3 is 0 Å². The molecule has 5 heteroatoms. The molecule has 4 rings (SSSR count). The fraction of sp³-hybridized carbons (Fsp3) is 0.273. The maximum atomic E-state index is 13.4. The highest BCUT2D eigenvalue weighted by Crippen LogP contribution is 2.28. The minimum atomic E-state index is -0.229. The van der Waals surface area contributed by atoms with E-state index in [4.69, 9.17) is 0 Å². The lowest BCUT2D eigenvalue weighted by Crippen LogP contribution is -2.49. The molecule has 5 nitrogen and oxygen atoms in total. The third kappa shape index (κ3) is 3.58. The van der Waals surface area contributed by atoms with E-state index in [1.54, 1.807) is 4.90 Å². The van der Waals surface area contributed by atoms with Crippen LogP contribution in [0.2, 0.25) is 0 Å². The molecule has 0 aliphatic carbocycles. The Kier molecular flexibility index (Phi) is 4.92. The van der Waals surface area contributed by atoms with Gasteiger partial charge in [-0.25, -0.2) is 0 Å². The number of aromatic nitrogens is 1. The van der Waals surface area contributed by atoms with Crippen molar-refractivity contribution < 1.29 is 9.59 Å². The highest BCUT2D eigenvalue weighted by Gasteiger charge is 2.29. The summed E-state index contributed by atoms with van der Waals surface area (Å²) in [7, 11) is 0. The first kappa shape index (κ1) is 17.3. The first-order valence-corrected chi connectivity index (χ1v) is 9.34. The molecule has 1 saturated heterocycles. The van der Waals surface area contributed by atoms with Gasteiger partial charge in [-0.1, -0.05) is 48.5 Å². The molecule has 1 fully saturated rings. The van der Waals surface area contributed by atoms with Crippen LogP contribution in [0.1, 0.15) is 17.0 Å². The summed E-state index contributed by atoms with van der Waals surface area (Å²) in [6, 6.07) is 18.2. The van der Waals surface area contributed by atoms with E-state index in [0.717, 1.165) is 28.4 Å². The van der Waals surface area contributed by atoms with E-state index in [1.165, 1.54) is 0 Å². The summed E-state index contributed by atoms with van der Waals surface area (Å²) in [5.74, 6) is -0.0924. The fourth-order valence-electron chi connectivity index (χ4n) is 3.82. The van der Waals surface area contributed by atoms with E-state index in [-0.39, 0.29) is 11.8 Å². The van der Waals surface area contributed by atoms with E-state index >= 15 is 0 Å². The Morgan fingerprint density at radius 1 is 1.00 bits per heavy atom. The lowest BCUT2D eigenvalue weighted by molar-refractivity contribution is -0.136. The summed E-state index contributed by atoms with van der Waals surface area (Å²) in [5, 5.41) is 1.16. The Labute approximate surface area is 158 Å². The lowest BCUT2D eigenvalue weighted by atomic mass is 9.90. The molecular weight excluding hydrogens is 338 g/mol. The molecule has 0 radical (unpaired) electrons. The predicted molar refractivity (Wildman–Crippen MR) is 105 cm³/mol. The van der Waals surface area contributed by atoms with Gasteiger partial charge in [0.1, 0.15) is 0 Å². The topological polar surface area (TPSA) is 56.4 Å². The predicted octanol–water partition coefficient (Wildman–Crippen LogP) is 2.79. The van der Waals surface area contributed by atoms with Gasteiger partial charge in [0, 0.05) is 43.3 Å². The number of nitrogens with zero attached hydrogens (tertiary/aromatic N) is 2. The zero-order chi connectivity index (χ0) is 18.6. The average molecular weight is 361 g/mol. The number of hydrogen-bond acceptors (Lipinski definition) is 2. The average Bonchev–Trinajstić information content (AvgIpc) is 3.15. The van der Waals surface area contributed by atoms with Gasteiger partial charge in [-0.05, 0) is 23.6 Å². The molecule has 2 aromatic carbocycles. The molecule has 0 spiro atoms. The standard InChI is InChI=1S/C22H23N3O2/c26-16-24-10-12-25(13-11-24)22(27)20(17-6-2-1-3-7-17)14-18-15-23-21-9-5-4-8-19(18)21/h1-9,15-16,20,23H,10-14H2. The van der Waals surface area contributed by atoms with E-state index in [0.29, 0.717) is 32.6 Å². The number of fused-ring (bicyclic) bond motifs is 1. The minimum absolute atomic E-state index is 0.136. The normalized spacial score (nSPS) is 15.7. The third-order valence-corrected chi connectivity index (χ3v) is 5.37. The summed E-state index contributed by atoms with van der Waals surface area (Å²) < 4.78 is 0. The van der Waals surface area contributed by atoms with Crippen LogP contribution in [0.5, 0.6) is 0 Å². The number of carbonyl (C=O) groups is 2. The van der Waals surface area contributed by atoms with Crippen LogP contribution in [-0.4, -0.2) is 53.3 Å². The monoisotopic (exact) mass is 361 g/mol. The van der Waals surface area contributed by atoms with Crippen molar-refractivity contribution in [3.63, 3.8) is 0 Å². The highest BCUT2D eigenvalue weighted by atomic mass is 16.2. The molecule has 3 aromatic rings. The minimum Gasteiger partial charge on any atom is -0.361 e. The van der Waals surface area contributed by atoms with Crippen LogP contribution >= 0.6 is 0 Å². The Morgan fingerprint density at radius 3 is 2.44 bits per heavy atom. The number of piperazine rings is 1. The van der Waals surface area contributed by atoms with Crippen LogP contribution in [0.4, 0.5) is 0 Å². The molecular formula is C22H23N3O2. The molecule has 0 bridgehead atoms. The number of H-pyrrole nitrogens is 1. The highest BCUT2D eigenvalue weighted by molar-refractivity contribution is 5.87. The van der Waals surface area contributed by atoms with Crippen LogP contribution in [0.15, 0.2) is 60.8 Å². The van der Waals surface area contributed by atoms with Crippen LogP contribution in [-0.2, 0) is 16.0 Å². The molecule has 1 N–H and O–H groups in total. The summed E-state index contributed by atoms with van der Waals surface area (Å²) in [6.45, 7) is 2.39. The van der Waals surface area contributed by atoms with E-state index < -0.39 is 0 Å². The van der Waals surface area contributed by atoms with E-state index in [9.17, 15) is 9.59 Å². The lowest BCUT2D eigenvalue weighted by Gasteiger charge is -2.35. The van der Waals surface area contributed by atoms with Gasteiger partial charge in [-0.15, -0.1) is 0 Å². The second-order valence-electron chi connectivity index (χ2n) is 6.99. The van der Waals surface area contributed by atoms with E-state index in [1.807, 2.05) is 53.6 Å². The fourth-order valence-corrected chi connectivity index (χ4v) is 3.82. The quantitative estimate of drug-likeness (QED) is 0.711. The molecule has 0 saturated carbocycles. The molecule has 1 aliphatic rings. The van der Waals surface area contributed by atoms with Gasteiger partial charge in [-0.2, -0.15) is 0 Å². The number of nitrogens with one attached hydrogen (secondary N) is 1. The van der Waals surface area contributed by atoms with Crippen LogP contribution in [0.3, 0.4) is 0 Å². The number of aromatic amines is 1. The molecule has 138 valence electrons. The molecule has 1 atom stereocenters. The first-order valence-electron chi connectivity index (χ1n) is 9.34. The smallest absolute Gasteiger partial charge is 0.230 e. The number of carbonyl (C=O) groups excluding carboxylic acids is 2. The summed E-state index contributed by atoms with van der Waals surface area (Å²) >= 11 is 0. The maximum absolute atomic E-state index is 13.4. The van der Waals surface area contributed by atoms with Gasteiger partial charge < -0.3 is 14.8 Å². The van der Waals surface area contributed by atoms with Crippen molar-refractivity contribution in [2.24, 2.45) is 0 Å². The molecule has 1 aliphatic heterocycles. The van der Waals surface area contributed by atoms with Crippen molar-refractivity contribution in [3.8, 4) is 0 Å². The van der Waals surface area contributed by atoms with Crippen molar-refractivity contribution in [2.75, 3.05) is 26.2 Å². The molecule has 2 amide bonds. The van der Waals surface area contributed by atoms with Gasteiger partial charge in [-0.3, -0.25) is 9.59 Å². The van der Waals surface area contributed by atoms with Gasteiger partial charge in [0.2, 0.25) is 12.3 Å². The Morgan fingerprint density at radius 2 is 1.70 bits per heavy atom. The van der Waals surface area contributed by atoms with Crippen molar-refractivity contribution in [3.05, 3.63) is 71.9 Å². The van der Waals surface area contributed by atoms with Crippen LogP contribution in [0, 0.1) is 0 Å². The Balaban J connectivity index is 1.61. The molecule has 1 unspecified atom stereocenters.